The van der Waals surface area contributed by atoms with Gasteiger partial charge in [0.1, 0.15) is 11.9 Å². The molecule has 0 spiro atoms. The molecule has 0 aliphatic heterocycles. The van der Waals surface area contributed by atoms with Crippen molar-refractivity contribution in [3.8, 4) is 0 Å². The number of Topliss-reactive ketones (excluding diaryl/α,β-unsaturated/α-hetero) is 1. The fourth-order valence-electron chi connectivity index (χ4n) is 2.80. The smallest absolute Gasteiger partial charge is 0.339 e. The lowest BCUT2D eigenvalue weighted by molar-refractivity contribution is -0.156. The summed E-state index contributed by atoms with van der Waals surface area (Å²) in [5.41, 5.74) is 18.6. The third-order valence-corrected chi connectivity index (χ3v) is 4.77. The molecule has 0 bridgehead atoms. The summed E-state index contributed by atoms with van der Waals surface area (Å²) in [6.07, 6.45) is -0.471. The number of aliphatic hydroxyl groups excluding tert-OH is 1. The Morgan fingerprint density at radius 1 is 0.971 bits per heavy atom. The highest BCUT2D eigenvalue weighted by molar-refractivity contribution is 6.13. The second kappa shape index (κ2) is 14.6. The van der Waals surface area contributed by atoms with Gasteiger partial charge in [0.05, 0.1) is 38.2 Å². The molecule has 0 fully saturated rings. The average Bonchev–Trinajstić information content (AvgIpc) is 2.78. The van der Waals surface area contributed by atoms with Crippen LogP contribution in [0.5, 0.6) is 0 Å². The Morgan fingerprint density at radius 3 is 2.03 bits per heavy atom. The molecule has 0 radical (unpaired) electrons. The summed E-state index contributed by atoms with van der Waals surface area (Å²) in [6.45, 7) is -2.76. The van der Waals surface area contributed by atoms with Crippen LogP contribution in [0.25, 0.3) is 0 Å². The van der Waals surface area contributed by atoms with Gasteiger partial charge in [-0.2, -0.15) is 0 Å². The second-order valence-corrected chi connectivity index (χ2v) is 7.52. The van der Waals surface area contributed by atoms with Gasteiger partial charge in [0.25, 0.3) is 0 Å². The molecule has 1 unspecified atom stereocenters. The van der Waals surface area contributed by atoms with Crippen molar-refractivity contribution in [2.24, 2.45) is 22.9 Å². The van der Waals surface area contributed by atoms with Crippen molar-refractivity contribution >= 4 is 41.3 Å². The van der Waals surface area contributed by atoms with Gasteiger partial charge in [0, 0.05) is 0 Å². The number of nitrogens with two attached hydrogens (primary N) is 4. The van der Waals surface area contributed by atoms with Crippen molar-refractivity contribution in [2.45, 2.75) is 49.3 Å². The topological polar surface area (TPSA) is 327 Å². The summed E-state index contributed by atoms with van der Waals surface area (Å²) in [6, 6.07) is -3.80. The molecule has 0 aliphatic rings. The zero-order valence-corrected chi connectivity index (χ0v) is 18.8. The zero-order valence-electron chi connectivity index (χ0n) is 18.8. The van der Waals surface area contributed by atoms with Gasteiger partial charge in [-0.05, 0) is 19.3 Å². The molecule has 0 rings (SSSR count). The summed E-state index contributed by atoms with van der Waals surface area (Å²) in [5, 5.41) is 41.2. The van der Waals surface area contributed by atoms with Gasteiger partial charge in [-0.1, -0.05) is 0 Å². The molecular weight excluding hydrogens is 472 g/mol. The Kier molecular flexibility index (Phi) is 13.0. The Hall–Kier alpha value is -3.67. The Morgan fingerprint density at radius 2 is 1.57 bits per heavy atom. The maximum Gasteiger partial charge on any atom is 0.339 e. The number of nitrogens with one attached hydrogen (secondary N) is 4. The van der Waals surface area contributed by atoms with Crippen molar-refractivity contribution in [1.29, 1.82) is 5.41 Å². The minimum atomic E-state index is -2.95. The number of hydrogen-bond donors (Lipinski definition) is 11. The van der Waals surface area contributed by atoms with E-state index in [1.165, 1.54) is 0 Å². The molecule has 15 N–H and O–H groups in total. The lowest BCUT2D eigenvalue weighted by Crippen LogP contribution is -2.67. The van der Waals surface area contributed by atoms with Crippen molar-refractivity contribution in [3.63, 3.8) is 0 Å². The predicted octanol–water partition coefficient (Wildman–Crippen LogP) is -5.72. The van der Waals surface area contributed by atoms with E-state index in [9.17, 15) is 39.0 Å². The van der Waals surface area contributed by atoms with Crippen LogP contribution < -0.4 is 38.9 Å². The fraction of sp³-hybridized carbons (Fsp3) is 0.611. The minimum Gasteiger partial charge on any atom is -0.481 e. The molecule has 198 valence electrons. The lowest BCUT2D eigenvalue weighted by Gasteiger charge is -2.29. The second-order valence-electron chi connectivity index (χ2n) is 7.52. The highest BCUT2D eigenvalue weighted by Gasteiger charge is 2.49. The fourth-order valence-corrected chi connectivity index (χ4v) is 2.80. The van der Waals surface area contributed by atoms with E-state index >= 15 is 0 Å². The normalized spacial score (nSPS) is 15.0. The van der Waals surface area contributed by atoms with Gasteiger partial charge in [-0.15, -0.1) is 0 Å². The quantitative estimate of drug-likeness (QED) is 0.0500. The molecular formula is C18H32N8O9. The molecule has 0 saturated carbocycles. The summed E-state index contributed by atoms with van der Waals surface area (Å²) in [7, 11) is 0. The summed E-state index contributed by atoms with van der Waals surface area (Å²) < 4.78 is 0. The number of carbonyl (C=O) groups is 6. The van der Waals surface area contributed by atoms with Gasteiger partial charge < -0.3 is 54.2 Å². The monoisotopic (exact) mass is 504 g/mol. The van der Waals surface area contributed by atoms with E-state index < -0.39 is 85.2 Å². The van der Waals surface area contributed by atoms with Gasteiger partial charge in [-0.25, -0.2) is 4.79 Å². The van der Waals surface area contributed by atoms with Crippen LogP contribution in [0.15, 0.2) is 0 Å². The minimum absolute atomic E-state index is 0.0262. The summed E-state index contributed by atoms with van der Waals surface area (Å²) >= 11 is 0. The number of aliphatic carboxylic acids is 2. The third-order valence-electron chi connectivity index (χ3n) is 4.77. The molecule has 0 aliphatic carbocycles. The molecule has 0 aromatic carbocycles. The van der Waals surface area contributed by atoms with E-state index in [0.29, 0.717) is 0 Å². The standard InChI is InChI=1S/C18H32N8O9/c19-5-11(28)25-10(3-1-2-8(20)15(22)23)16(33)24-6-12(29)26-18(7-27,17(34)35)14(32)9(21)4-13(30)31/h8-10,27H,1-7,19-21H2,(H3,22,23)(H,24,33)(H,25,28)(H,26,29)(H,30,31)(H,34,35)/t8?,9-,10-,18+/m0/s1. The number of aliphatic hydroxyl groups is 1. The van der Waals surface area contributed by atoms with E-state index in [4.69, 9.17) is 33.5 Å². The highest BCUT2D eigenvalue weighted by atomic mass is 16.4. The first-order valence-electron chi connectivity index (χ1n) is 10.2. The molecule has 35 heavy (non-hydrogen) atoms. The number of amidine groups is 1. The Labute approximate surface area is 199 Å². The third kappa shape index (κ3) is 10.0. The Bertz CT molecular complexity index is 837. The molecule has 0 heterocycles. The van der Waals surface area contributed by atoms with Gasteiger partial charge in [0.2, 0.25) is 23.3 Å². The van der Waals surface area contributed by atoms with Crippen molar-refractivity contribution in [3.05, 3.63) is 0 Å². The molecule has 17 nitrogen and oxygen atoms in total. The van der Waals surface area contributed by atoms with Crippen LogP contribution in [0.1, 0.15) is 25.7 Å². The van der Waals surface area contributed by atoms with Crippen LogP contribution in [-0.2, 0) is 28.8 Å². The van der Waals surface area contributed by atoms with E-state index in [-0.39, 0.29) is 25.1 Å². The van der Waals surface area contributed by atoms with Crippen molar-refractivity contribution in [1.82, 2.24) is 16.0 Å². The Balaban J connectivity index is 5.31. The first kappa shape index (κ1) is 31.3. The van der Waals surface area contributed by atoms with E-state index in [2.05, 4.69) is 10.6 Å². The SMILES string of the molecule is N=C(N)C(N)CCC[C@H](NC(=O)CN)C(=O)NCC(=O)N[C@@](CO)(C(=O)O)C(=O)[C@@H](N)CC(=O)O. The molecule has 3 amide bonds. The number of ketones is 1. The molecule has 0 aromatic heterocycles. The first-order chi connectivity index (χ1) is 16.2. The van der Waals surface area contributed by atoms with E-state index in [1.807, 2.05) is 0 Å². The van der Waals surface area contributed by atoms with Crippen LogP contribution in [-0.4, -0.2) is 100.0 Å². The number of hydrogen-bond acceptors (Lipinski definition) is 11. The maximum absolute atomic E-state index is 12.5. The van der Waals surface area contributed by atoms with E-state index in [1.54, 1.807) is 5.32 Å². The number of amides is 3. The summed E-state index contributed by atoms with van der Waals surface area (Å²) in [5.74, 6) is -8.03. The average molecular weight is 505 g/mol. The van der Waals surface area contributed by atoms with Gasteiger partial charge in [-0.3, -0.25) is 29.4 Å². The van der Waals surface area contributed by atoms with Crippen LogP contribution in [0.3, 0.4) is 0 Å². The van der Waals surface area contributed by atoms with Crippen LogP contribution in [0.4, 0.5) is 0 Å². The molecule has 0 aromatic rings. The predicted molar refractivity (Wildman–Crippen MR) is 119 cm³/mol. The number of rotatable bonds is 17. The van der Waals surface area contributed by atoms with E-state index in [0.717, 1.165) is 0 Å². The van der Waals surface area contributed by atoms with Gasteiger partial charge in [0.15, 0.2) is 5.78 Å². The zero-order chi connectivity index (χ0) is 27.3. The lowest BCUT2D eigenvalue weighted by atomic mass is 9.88. The highest BCUT2D eigenvalue weighted by Crippen LogP contribution is 2.11. The molecule has 17 heteroatoms. The number of carbonyl (C=O) groups excluding carboxylic acids is 4. The molecule has 4 atom stereocenters. The number of carboxylic acids is 2. The maximum atomic E-state index is 12.5. The largest absolute Gasteiger partial charge is 0.481 e. The first-order valence-corrected chi connectivity index (χ1v) is 10.2. The molecule has 0 saturated heterocycles. The van der Waals surface area contributed by atoms with Crippen LogP contribution in [0, 0.1) is 5.41 Å². The van der Waals surface area contributed by atoms with Crippen molar-refractivity contribution < 1.29 is 44.1 Å². The van der Waals surface area contributed by atoms with Crippen LogP contribution in [0.2, 0.25) is 0 Å². The van der Waals surface area contributed by atoms with Crippen molar-refractivity contribution in [2.75, 3.05) is 19.7 Å². The van der Waals surface area contributed by atoms with Gasteiger partial charge >= 0.3 is 11.9 Å². The van der Waals surface area contributed by atoms with Crippen LogP contribution >= 0.6 is 0 Å². The summed E-state index contributed by atoms with van der Waals surface area (Å²) in [4.78, 5) is 71.2. The number of carboxylic acid groups (broad SMARTS) is 2.